The van der Waals surface area contributed by atoms with Crippen LogP contribution in [0.25, 0.3) is 0 Å². The Morgan fingerprint density at radius 2 is 1.87 bits per heavy atom. The molecule has 0 spiro atoms. The Hall–Kier alpha value is -3.27. The standard InChI is InChI=1S/C23H27N3O4/c1-3-25(4-2)22(27)17-11-13-26(14-12-17)23(28)21-10-9-19(30-21)16-29-20-8-6-5-7-18(20)15-24/h5-10,17H,3-4,11-14,16H2,1-2H3. The van der Waals surface area contributed by atoms with E-state index in [1.54, 1.807) is 41.3 Å². The first-order valence-corrected chi connectivity index (χ1v) is 10.4. The van der Waals surface area contributed by atoms with E-state index in [1.807, 2.05) is 18.7 Å². The highest BCUT2D eigenvalue weighted by molar-refractivity contribution is 5.91. The number of carbonyl (C=O) groups excluding carboxylic acids is 2. The van der Waals surface area contributed by atoms with Crippen molar-refractivity contribution in [3.8, 4) is 11.8 Å². The maximum atomic E-state index is 12.8. The van der Waals surface area contributed by atoms with Crippen LogP contribution in [0, 0.1) is 17.2 Å². The number of hydrogen-bond acceptors (Lipinski definition) is 5. The molecule has 0 bridgehead atoms. The average Bonchev–Trinajstić information content (AvgIpc) is 3.27. The highest BCUT2D eigenvalue weighted by Crippen LogP contribution is 2.23. The van der Waals surface area contributed by atoms with E-state index >= 15 is 0 Å². The van der Waals surface area contributed by atoms with E-state index in [4.69, 9.17) is 14.4 Å². The number of benzene rings is 1. The van der Waals surface area contributed by atoms with Crippen LogP contribution in [0.3, 0.4) is 0 Å². The van der Waals surface area contributed by atoms with E-state index in [0.29, 0.717) is 56.1 Å². The van der Waals surface area contributed by atoms with Gasteiger partial charge >= 0.3 is 0 Å². The van der Waals surface area contributed by atoms with Crippen molar-refractivity contribution in [2.75, 3.05) is 26.2 Å². The van der Waals surface area contributed by atoms with Gasteiger partial charge in [-0.25, -0.2) is 0 Å². The number of hydrogen-bond donors (Lipinski definition) is 0. The maximum Gasteiger partial charge on any atom is 0.289 e. The van der Waals surface area contributed by atoms with Crippen molar-refractivity contribution < 1.29 is 18.7 Å². The van der Waals surface area contributed by atoms with Gasteiger partial charge in [0.25, 0.3) is 5.91 Å². The summed E-state index contributed by atoms with van der Waals surface area (Å²) in [6.45, 7) is 6.60. The minimum atomic E-state index is -0.174. The Morgan fingerprint density at radius 1 is 1.17 bits per heavy atom. The molecule has 1 aliphatic heterocycles. The first-order chi connectivity index (χ1) is 14.6. The number of rotatable bonds is 7. The van der Waals surface area contributed by atoms with Gasteiger partial charge in [0.05, 0.1) is 5.56 Å². The van der Waals surface area contributed by atoms with Crippen LogP contribution in [0.5, 0.6) is 5.75 Å². The van der Waals surface area contributed by atoms with Crippen molar-refractivity contribution in [1.82, 2.24) is 9.80 Å². The molecular formula is C23H27N3O4. The Bertz CT molecular complexity index is 919. The predicted octanol–water partition coefficient (Wildman–Crippen LogP) is 3.45. The maximum absolute atomic E-state index is 12.8. The number of amides is 2. The van der Waals surface area contributed by atoms with Gasteiger partial charge in [-0.1, -0.05) is 12.1 Å². The molecule has 2 amide bonds. The van der Waals surface area contributed by atoms with E-state index in [-0.39, 0.29) is 30.1 Å². The van der Waals surface area contributed by atoms with Crippen LogP contribution in [-0.2, 0) is 11.4 Å². The van der Waals surface area contributed by atoms with Gasteiger partial charge in [-0.3, -0.25) is 9.59 Å². The van der Waals surface area contributed by atoms with Gasteiger partial charge < -0.3 is 19.0 Å². The fraction of sp³-hybridized carbons (Fsp3) is 0.435. The summed E-state index contributed by atoms with van der Waals surface area (Å²) in [5.74, 6) is 1.24. The largest absolute Gasteiger partial charge is 0.484 e. The third-order valence-corrected chi connectivity index (χ3v) is 5.46. The molecule has 0 saturated carbocycles. The van der Waals surface area contributed by atoms with Gasteiger partial charge in [0.2, 0.25) is 5.91 Å². The highest BCUT2D eigenvalue weighted by atomic mass is 16.5. The molecule has 0 atom stereocenters. The smallest absolute Gasteiger partial charge is 0.289 e. The molecule has 1 fully saturated rings. The summed E-state index contributed by atoms with van der Waals surface area (Å²) in [7, 11) is 0. The molecule has 2 heterocycles. The van der Waals surface area contributed by atoms with Crippen LogP contribution in [0.2, 0.25) is 0 Å². The Morgan fingerprint density at radius 3 is 2.53 bits per heavy atom. The molecule has 1 aromatic carbocycles. The molecule has 30 heavy (non-hydrogen) atoms. The molecular weight excluding hydrogens is 382 g/mol. The summed E-state index contributed by atoms with van der Waals surface area (Å²) in [4.78, 5) is 28.9. The van der Waals surface area contributed by atoms with Crippen LogP contribution < -0.4 is 4.74 Å². The Balaban J connectivity index is 1.54. The van der Waals surface area contributed by atoms with Gasteiger partial charge in [0.1, 0.15) is 24.2 Å². The first kappa shape index (κ1) is 21.4. The number of ether oxygens (including phenoxy) is 1. The lowest BCUT2D eigenvalue weighted by Gasteiger charge is -2.33. The number of nitriles is 1. The quantitative estimate of drug-likeness (QED) is 0.699. The monoisotopic (exact) mass is 409 g/mol. The van der Waals surface area contributed by atoms with E-state index in [2.05, 4.69) is 6.07 Å². The molecule has 3 rings (SSSR count). The van der Waals surface area contributed by atoms with Gasteiger partial charge in [-0.2, -0.15) is 5.26 Å². The minimum Gasteiger partial charge on any atom is -0.484 e. The zero-order chi connectivity index (χ0) is 21.5. The predicted molar refractivity (Wildman–Crippen MR) is 111 cm³/mol. The van der Waals surface area contributed by atoms with Crippen molar-refractivity contribution in [3.63, 3.8) is 0 Å². The van der Waals surface area contributed by atoms with E-state index < -0.39 is 0 Å². The van der Waals surface area contributed by atoms with E-state index in [9.17, 15) is 9.59 Å². The summed E-state index contributed by atoms with van der Waals surface area (Å²) in [6.07, 6.45) is 1.34. The summed E-state index contributed by atoms with van der Waals surface area (Å²) in [6, 6.07) is 12.4. The van der Waals surface area contributed by atoms with Crippen molar-refractivity contribution in [2.24, 2.45) is 5.92 Å². The van der Waals surface area contributed by atoms with Crippen LogP contribution in [-0.4, -0.2) is 47.8 Å². The zero-order valence-electron chi connectivity index (χ0n) is 17.5. The van der Waals surface area contributed by atoms with Gasteiger partial charge in [-0.05, 0) is 51.0 Å². The summed E-state index contributed by atoms with van der Waals surface area (Å²) in [5, 5.41) is 9.12. The molecule has 0 unspecified atom stereocenters. The van der Waals surface area contributed by atoms with E-state index in [0.717, 1.165) is 0 Å². The molecule has 0 radical (unpaired) electrons. The van der Waals surface area contributed by atoms with Gasteiger partial charge in [0, 0.05) is 32.1 Å². The number of nitrogens with zero attached hydrogens (tertiary/aromatic N) is 3. The van der Waals surface area contributed by atoms with Crippen LogP contribution in [0.1, 0.15) is 48.6 Å². The zero-order valence-corrected chi connectivity index (χ0v) is 17.5. The van der Waals surface area contributed by atoms with Crippen LogP contribution in [0.4, 0.5) is 0 Å². The second-order valence-corrected chi connectivity index (χ2v) is 7.24. The number of furan rings is 1. The third-order valence-electron chi connectivity index (χ3n) is 5.46. The van der Waals surface area contributed by atoms with Crippen LogP contribution >= 0.6 is 0 Å². The molecule has 7 heteroatoms. The summed E-state index contributed by atoms with van der Waals surface area (Å²) >= 11 is 0. The molecule has 1 aliphatic rings. The van der Waals surface area contributed by atoms with Gasteiger partial charge in [-0.15, -0.1) is 0 Å². The number of para-hydroxylation sites is 1. The normalized spacial score (nSPS) is 14.2. The molecule has 1 aromatic heterocycles. The Kier molecular flexibility index (Phi) is 7.12. The van der Waals surface area contributed by atoms with Crippen molar-refractivity contribution in [3.05, 3.63) is 53.5 Å². The third kappa shape index (κ3) is 4.82. The van der Waals surface area contributed by atoms with Crippen molar-refractivity contribution in [2.45, 2.75) is 33.3 Å². The number of carbonyl (C=O) groups is 2. The number of piperidine rings is 1. The van der Waals surface area contributed by atoms with Crippen molar-refractivity contribution in [1.29, 1.82) is 5.26 Å². The van der Waals surface area contributed by atoms with Crippen molar-refractivity contribution >= 4 is 11.8 Å². The summed E-state index contributed by atoms with van der Waals surface area (Å²) in [5.41, 5.74) is 0.447. The average molecular weight is 409 g/mol. The minimum absolute atomic E-state index is 0.0188. The molecule has 0 N–H and O–H groups in total. The molecule has 2 aromatic rings. The molecule has 7 nitrogen and oxygen atoms in total. The lowest BCUT2D eigenvalue weighted by atomic mass is 9.95. The molecule has 0 aliphatic carbocycles. The highest BCUT2D eigenvalue weighted by Gasteiger charge is 2.30. The van der Waals surface area contributed by atoms with Crippen LogP contribution in [0.15, 0.2) is 40.8 Å². The summed E-state index contributed by atoms with van der Waals surface area (Å²) < 4.78 is 11.3. The molecule has 158 valence electrons. The van der Waals surface area contributed by atoms with Gasteiger partial charge in [0.15, 0.2) is 5.76 Å². The lowest BCUT2D eigenvalue weighted by Crippen LogP contribution is -2.44. The molecule has 1 saturated heterocycles. The fourth-order valence-corrected chi connectivity index (χ4v) is 3.68. The second-order valence-electron chi connectivity index (χ2n) is 7.24. The fourth-order valence-electron chi connectivity index (χ4n) is 3.68. The topological polar surface area (TPSA) is 86.8 Å². The second kappa shape index (κ2) is 9.97. The SMILES string of the molecule is CCN(CC)C(=O)C1CCN(C(=O)c2ccc(COc3ccccc3C#N)o2)CC1. The number of likely N-dealkylation sites (tertiary alicyclic amines) is 1. The Labute approximate surface area is 176 Å². The lowest BCUT2D eigenvalue weighted by molar-refractivity contribution is -0.136. The van der Waals surface area contributed by atoms with E-state index in [1.165, 1.54) is 0 Å². The first-order valence-electron chi connectivity index (χ1n) is 10.4.